The van der Waals surface area contributed by atoms with Crippen LogP contribution >= 0.6 is 15.9 Å². The largest absolute Gasteiger partial charge is 0.473 e. The fourth-order valence-electron chi connectivity index (χ4n) is 3.13. The highest BCUT2D eigenvalue weighted by atomic mass is 79.9. The average molecular weight is 430 g/mol. The summed E-state index contributed by atoms with van der Waals surface area (Å²) in [5.74, 6) is -0.130. The van der Waals surface area contributed by atoms with Gasteiger partial charge in [0, 0.05) is 16.5 Å². The van der Waals surface area contributed by atoms with E-state index in [1.807, 2.05) is 12.1 Å². The van der Waals surface area contributed by atoms with Gasteiger partial charge >= 0.3 is 5.97 Å². The zero-order valence-electron chi connectivity index (χ0n) is 14.5. The number of esters is 1. The minimum Gasteiger partial charge on any atom is -0.473 e. The van der Waals surface area contributed by atoms with Crippen molar-refractivity contribution in [2.24, 2.45) is 0 Å². The summed E-state index contributed by atoms with van der Waals surface area (Å²) >= 11 is 3.47. The molecule has 0 saturated carbocycles. The van der Waals surface area contributed by atoms with Crippen LogP contribution in [0.15, 0.2) is 51.6 Å². The maximum absolute atomic E-state index is 12.6. The van der Waals surface area contributed by atoms with Gasteiger partial charge in [0.05, 0.1) is 29.5 Å². The lowest BCUT2D eigenvalue weighted by Crippen LogP contribution is -2.30. The van der Waals surface area contributed by atoms with Crippen molar-refractivity contribution in [1.29, 1.82) is 0 Å². The lowest BCUT2D eigenvalue weighted by atomic mass is 10.0. The van der Waals surface area contributed by atoms with Crippen LogP contribution < -0.4 is 10.1 Å². The predicted octanol–water partition coefficient (Wildman–Crippen LogP) is 4.37. The molecule has 0 spiro atoms. The van der Waals surface area contributed by atoms with E-state index in [0.29, 0.717) is 34.8 Å². The molecule has 0 radical (unpaired) electrons. The van der Waals surface area contributed by atoms with Crippen LogP contribution in [0.4, 0.5) is 5.69 Å². The van der Waals surface area contributed by atoms with Gasteiger partial charge in [-0.3, -0.25) is 9.59 Å². The molecule has 1 aromatic heterocycles. The number of fused-ring (bicyclic) bond motifs is 2. The van der Waals surface area contributed by atoms with E-state index in [4.69, 9.17) is 13.9 Å². The van der Waals surface area contributed by atoms with Gasteiger partial charge in [-0.2, -0.15) is 0 Å². The summed E-state index contributed by atoms with van der Waals surface area (Å²) in [5, 5.41) is 3.72. The normalized spacial score (nSPS) is 15.8. The summed E-state index contributed by atoms with van der Waals surface area (Å²) in [6, 6.07) is 10.8. The van der Waals surface area contributed by atoms with Crippen molar-refractivity contribution in [3.05, 3.63) is 58.3 Å². The molecule has 1 amide bonds. The molecule has 3 aromatic rings. The third kappa shape index (κ3) is 3.30. The van der Waals surface area contributed by atoms with Crippen LogP contribution in [0.3, 0.4) is 0 Å². The molecule has 0 fully saturated rings. The molecule has 0 saturated heterocycles. The number of nitrogens with one attached hydrogen (secondary N) is 1. The zero-order chi connectivity index (χ0) is 19.0. The molecular weight excluding hydrogens is 414 g/mol. The molecule has 0 aliphatic carbocycles. The Hall–Kier alpha value is -2.80. The third-order valence-corrected chi connectivity index (χ3v) is 4.89. The molecule has 1 aliphatic heterocycles. The Morgan fingerprint density at radius 3 is 2.96 bits per heavy atom. The second-order valence-electron chi connectivity index (χ2n) is 6.10. The van der Waals surface area contributed by atoms with Crippen LogP contribution in [0.2, 0.25) is 0 Å². The fourth-order valence-corrected chi connectivity index (χ4v) is 3.72. The Morgan fingerprint density at radius 2 is 2.15 bits per heavy atom. The standard InChI is InChI=1S/C20H16BrNO5/c1-2-25-16(23)10-11-4-3-5-15-18(11)27-19(20(24)22-15)13-8-12-6-7-26-17(12)14(21)9-13/h3-9,19H,2,10H2,1H3,(H,22,24). The number of furan rings is 1. The highest BCUT2D eigenvalue weighted by Crippen LogP contribution is 2.39. The lowest BCUT2D eigenvalue weighted by molar-refractivity contribution is -0.142. The molecule has 2 aromatic carbocycles. The van der Waals surface area contributed by atoms with Crippen molar-refractivity contribution in [2.45, 2.75) is 19.4 Å². The summed E-state index contributed by atoms with van der Waals surface area (Å²) in [7, 11) is 0. The Morgan fingerprint density at radius 1 is 1.30 bits per heavy atom. The number of rotatable bonds is 4. The smallest absolute Gasteiger partial charge is 0.310 e. The van der Waals surface area contributed by atoms with Gasteiger partial charge < -0.3 is 19.2 Å². The van der Waals surface area contributed by atoms with Crippen molar-refractivity contribution in [3.8, 4) is 5.75 Å². The minimum absolute atomic E-state index is 0.0735. The SMILES string of the molecule is CCOC(=O)Cc1cccc2c1OC(c1cc(Br)c3occc3c1)C(=O)N2. The molecule has 1 aliphatic rings. The van der Waals surface area contributed by atoms with Gasteiger partial charge in [-0.15, -0.1) is 0 Å². The highest BCUT2D eigenvalue weighted by molar-refractivity contribution is 9.10. The topological polar surface area (TPSA) is 77.8 Å². The van der Waals surface area contributed by atoms with Crippen LogP contribution in [0.1, 0.15) is 24.2 Å². The van der Waals surface area contributed by atoms with Gasteiger partial charge in [0.1, 0.15) is 11.3 Å². The first-order valence-corrected chi connectivity index (χ1v) is 9.27. The Bertz CT molecular complexity index is 1040. The number of para-hydroxylation sites is 1. The summed E-state index contributed by atoms with van der Waals surface area (Å²) in [6.07, 6.45) is 0.828. The molecule has 1 N–H and O–H groups in total. The van der Waals surface area contributed by atoms with E-state index in [2.05, 4.69) is 21.2 Å². The summed E-state index contributed by atoms with van der Waals surface area (Å²) in [5.41, 5.74) is 2.60. The minimum atomic E-state index is -0.837. The Balaban J connectivity index is 1.70. The van der Waals surface area contributed by atoms with Crippen LogP contribution in [0.5, 0.6) is 5.75 Å². The summed E-state index contributed by atoms with van der Waals surface area (Å²) in [4.78, 5) is 24.5. The van der Waals surface area contributed by atoms with E-state index in [-0.39, 0.29) is 18.3 Å². The van der Waals surface area contributed by atoms with E-state index in [9.17, 15) is 9.59 Å². The number of amides is 1. The van der Waals surface area contributed by atoms with Crippen molar-refractivity contribution in [2.75, 3.05) is 11.9 Å². The van der Waals surface area contributed by atoms with E-state index < -0.39 is 6.10 Å². The molecule has 1 atom stereocenters. The third-order valence-electron chi connectivity index (χ3n) is 4.30. The van der Waals surface area contributed by atoms with Gasteiger partial charge in [0.15, 0.2) is 0 Å². The van der Waals surface area contributed by atoms with E-state index in [1.54, 1.807) is 37.5 Å². The first kappa shape index (κ1) is 17.6. The molecule has 6 nitrogen and oxygen atoms in total. The van der Waals surface area contributed by atoms with Crippen LogP contribution in [0.25, 0.3) is 11.0 Å². The number of carbonyl (C=O) groups excluding carboxylic acids is 2. The number of halogens is 1. The molecule has 0 bridgehead atoms. The van der Waals surface area contributed by atoms with Gasteiger partial charge in [-0.25, -0.2) is 0 Å². The average Bonchev–Trinajstić information content (AvgIpc) is 3.11. The van der Waals surface area contributed by atoms with Crippen molar-refractivity contribution >= 4 is 44.5 Å². The first-order valence-electron chi connectivity index (χ1n) is 8.48. The Kier molecular flexibility index (Phi) is 4.61. The van der Waals surface area contributed by atoms with E-state index >= 15 is 0 Å². The zero-order valence-corrected chi connectivity index (χ0v) is 16.0. The number of anilines is 1. The molecule has 1 unspecified atom stereocenters. The maximum Gasteiger partial charge on any atom is 0.310 e. The highest BCUT2D eigenvalue weighted by Gasteiger charge is 2.31. The van der Waals surface area contributed by atoms with Crippen LogP contribution in [0, 0.1) is 0 Å². The van der Waals surface area contributed by atoms with Gasteiger partial charge in [-0.05, 0) is 47.1 Å². The van der Waals surface area contributed by atoms with Crippen LogP contribution in [-0.4, -0.2) is 18.5 Å². The van der Waals surface area contributed by atoms with Crippen molar-refractivity contribution in [3.63, 3.8) is 0 Å². The Labute approximate surface area is 163 Å². The molecule has 7 heteroatoms. The number of hydrogen-bond acceptors (Lipinski definition) is 5. The first-order chi connectivity index (χ1) is 13.1. The van der Waals surface area contributed by atoms with Crippen LogP contribution in [-0.2, 0) is 20.7 Å². The second-order valence-corrected chi connectivity index (χ2v) is 6.96. The van der Waals surface area contributed by atoms with Gasteiger partial charge in [0.25, 0.3) is 5.91 Å². The predicted molar refractivity (Wildman–Crippen MR) is 103 cm³/mol. The summed E-state index contributed by atoms with van der Waals surface area (Å²) < 4.78 is 17.2. The molecule has 2 heterocycles. The number of ether oxygens (including phenoxy) is 2. The molecule has 138 valence electrons. The van der Waals surface area contributed by atoms with Gasteiger partial charge in [-0.1, -0.05) is 12.1 Å². The molecule has 4 rings (SSSR count). The number of carbonyl (C=O) groups is 2. The second kappa shape index (κ2) is 7.08. The lowest BCUT2D eigenvalue weighted by Gasteiger charge is -2.28. The number of hydrogen-bond donors (Lipinski definition) is 1. The van der Waals surface area contributed by atoms with Gasteiger partial charge in [0.2, 0.25) is 6.10 Å². The fraction of sp³-hybridized carbons (Fsp3) is 0.200. The molecule has 27 heavy (non-hydrogen) atoms. The maximum atomic E-state index is 12.6. The van der Waals surface area contributed by atoms with Crippen molar-refractivity contribution < 1.29 is 23.5 Å². The quantitative estimate of drug-likeness (QED) is 0.622. The monoisotopic (exact) mass is 429 g/mol. The molecular formula is C20H16BrNO5. The summed E-state index contributed by atoms with van der Waals surface area (Å²) in [6.45, 7) is 2.07. The van der Waals surface area contributed by atoms with E-state index in [1.165, 1.54) is 0 Å². The van der Waals surface area contributed by atoms with Crippen molar-refractivity contribution in [1.82, 2.24) is 0 Å². The van der Waals surface area contributed by atoms with E-state index in [0.717, 1.165) is 9.86 Å². The number of benzene rings is 2.